The van der Waals surface area contributed by atoms with Crippen LogP contribution in [0.3, 0.4) is 0 Å². The van der Waals surface area contributed by atoms with Crippen molar-refractivity contribution in [2.75, 3.05) is 19.6 Å². The Morgan fingerprint density at radius 1 is 1.11 bits per heavy atom. The summed E-state index contributed by atoms with van der Waals surface area (Å²) < 4.78 is 1.92. The number of likely N-dealkylation sites (tertiary alicyclic amines) is 1. The number of aromatic nitrogens is 3. The Morgan fingerprint density at radius 3 is 2.60 bits per heavy atom. The smallest absolute Gasteiger partial charge is 0.255 e. The molecule has 2 aromatic rings. The molecular weight excluding hydrogens is 434 g/mol. The molecule has 0 radical (unpaired) electrons. The van der Waals surface area contributed by atoms with E-state index in [-0.39, 0.29) is 11.8 Å². The van der Waals surface area contributed by atoms with Crippen molar-refractivity contribution in [3.8, 4) is 0 Å². The number of amides is 1. The first-order chi connectivity index (χ1) is 16.9. The second-order valence-corrected chi connectivity index (χ2v) is 10.2. The molecule has 0 bridgehead atoms. The fourth-order valence-corrected chi connectivity index (χ4v) is 5.69. The van der Waals surface area contributed by atoms with Crippen LogP contribution < -0.4 is 0 Å². The van der Waals surface area contributed by atoms with Crippen molar-refractivity contribution in [1.82, 2.24) is 24.4 Å². The van der Waals surface area contributed by atoms with Gasteiger partial charge in [0.1, 0.15) is 0 Å². The molecule has 5 rings (SSSR count). The third-order valence-corrected chi connectivity index (χ3v) is 7.83. The molecule has 6 heteroatoms. The van der Waals surface area contributed by atoms with Crippen LogP contribution in [-0.4, -0.2) is 49.9 Å². The standard InChI is InChI=1S/C29H37N5O/c1-6-25-28-16-26(31-34(28)17-21(5)30-25)24-15-29(35)33-18-23(22-10-12-32(7-2)13-11-22)14-20(4)27(33)9-8-19(24)3/h9,14-19,22H,6-8,10-13H2,1-5H3. The molecule has 0 spiro atoms. The van der Waals surface area contributed by atoms with E-state index in [1.54, 1.807) is 0 Å². The Hall–Kier alpha value is -2.99. The van der Waals surface area contributed by atoms with Crippen molar-refractivity contribution in [3.63, 3.8) is 0 Å². The topological polar surface area (TPSA) is 53.7 Å². The van der Waals surface area contributed by atoms with E-state index in [1.165, 1.54) is 11.1 Å². The molecule has 1 saturated heterocycles. The summed E-state index contributed by atoms with van der Waals surface area (Å²) in [6.45, 7) is 14.0. The molecule has 2 aromatic heterocycles. The van der Waals surface area contributed by atoms with Gasteiger partial charge in [0, 0.05) is 18.0 Å². The summed E-state index contributed by atoms with van der Waals surface area (Å²) in [5, 5.41) is 4.87. The summed E-state index contributed by atoms with van der Waals surface area (Å²) >= 11 is 0. The van der Waals surface area contributed by atoms with E-state index in [0.717, 1.165) is 79.2 Å². The van der Waals surface area contributed by atoms with Gasteiger partial charge >= 0.3 is 0 Å². The largest absolute Gasteiger partial charge is 0.304 e. The summed E-state index contributed by atoms with van der Waals surface area (Å²) in [7, 11) is 0. The van der Waals surface area contributed by atoms with E-state index in [2.05, 4.69) is 62.0 Å². The number of carbonyl (C=O) groups excluding carboxylic acids is 1. The lowest BCUT2D eigenvalue weighted by Gasteiger charge is -2.35. The number of nitrogens with zero attached hydrogens (tertiary/aromatic N) is 5. The highest BCUT2D eigenvalue weighted by Crippen LogP contribution is 2.36. The maximum absolute atomic E-state index is 13.7. The molecule has 35 heavy (non-hydrogen) atoms. The van der Waals surface area contributed by atoms with Gasteiger partial charge in [0.05, 0.1) is 28.8 Å². The lowest BCUT2D eigenvalue weighted by Crippen LogP contribution is -2.35. The summed E-state index contributed by atoms with van der Waals surface area (Å²) in [5.41, 5.74) is 8.35. The predicted octanol–water partition coefficient (Wildman–Crippen LogP) is 5.31. The number of aryl methyl sites for hydroxylation is 2. The van der Waals surface area contributed by atoms with Gasteiger partial charge in [-0.25, -0.2) is 4.52 Å². The number of fused-ring (bicyclic) bond motifs is 2. The SMILES string of the molecule is CCc1nc(C)cn2nc(C3=CC(=O)N4C=C(C5CCN(CC)CC5)C=C(C)C4=CCC3C)cc12. The lowest BCUT2D eigenvalue weighted by molar-refractivity contribution is -0.122. The Bertz CT molecular complexity index is 1270. The molecule has 3 aliphatic rings. The number of hydrogen-bond donors (Lipinski definition) is 0. The molecule has 0 aromatic carbocycles. The van der Waals surface area contributed by atoms with Crippen molar-refractivity contribution in [2.24, 2.45) is 11.8 Å². The fraction of sp³-hybridized carbons (Fsp3) is 0.483. The number of hydrogen-bond acceptors (Lipinski definition) is 4. The maximum atomic E-state index is 13.7. The van der Waals surface area contributed by atoms with E-state index in [1.807, 2.05) is 28.6 Å². The van der Waals surface area contributed by atoms with Crippen molar-refractivity contribution in [1.29, 1.82) is 0 Å². The van der Waals surface area contributed by atoms with Gasteiger partial charge in [-0.05, 0) is 93.8 Å². The molecule has 184 valence electrons. The van der Waals surface area contributed by atoms with Crippen molar-refractivity contribution in [2.45, 2.75) is 60.3 Å². The molecule has 5 heterocycles. The van der Waals surface area contributed by atoms with Crippen LogP contribution in [0.2, 0.25) is 0 Å². The molecule has 0 aliphatic carbocycles. The van der Waals surface area contributed by atoms with Crippen LogP contribution in [-0.2, 0) is 11.2 Å². The molecule has 1 atom stereocenters. The number of rotatable bonds is 4. The van der Waals surface area contributed by atoms with Gasteiger partial charge in [-0.1, -0.05) is 32.9 Å². The Balaban J connectivity index is 1.49. The van der Waals surface area contributed by atoms with Gasteiger partial charge in [0.15, 0.2) is 0 Å². The highest BCUT2D eigenvalue weighted by atomic mass is 16.2. The van der Waals surface area contributed by atoms with Gasteiger partial charge in [-0.2, -0.15) is 5.10 Å². The zero-order valence-electron chi connectivity index (χ0n) is 21.7. The third kappa shape index (κ3) is 4.52. The fourth-order valence-electron chi connectivity index (χ4n) is 5.69. The van der Waals surface area contributed by atoms with E-state index in [0.29, 0.717) is 5.92 Å². The highest BCUT2D eigenvalue weighted by molar-refractivity contribution is 5.98. The molecule has 0 N–H and O–H groups in total. The van der Waals surface area contributed by atoms with Gasteiger partial charge in [0.25, 0.3) is 5.91 Å². The van der Waals surface area contributed by atoms with Crippen LogP contribution in [0.5, 0.6) is 0 Å². The zero-order chi connectivity index (χ0) is 24.7. The Morgan fingerprint density at radius 2 is 1.89 bits per heavy atom. The van der Waals surface area contributed by atoms with Crippen molar-refractivity contribution >= 4 is 17.0 Å². The molecule has 1 unspecified atom stereocenters. The van der Waals surface area contributed by atoms with Crippen LogP contribution in [0.1, 0.15) is 64.0 Å². The maximum Gasteiger partial charge on any atom is 0.255 e. The second-order valence-electron chi connectivity index (χ2n) is 10.2. The number of allylic oxidation sites excluding steroid dienone is 5. The monoisotopic (exact) mass is 471 g/mol. The Labute approximate surface area is 208 Å². The normalized spacial score (nSPS) is 22.3. The molecule has 1 amide bonds. The van der Waals surface area contributed by atoms with E-state index < -0.39 is 0 Å². The number of piperidine rings is 1. The predicted molar refractivity (Wildman–Crippen MR) is 140 cm³/mol. The summed E-state index contributed by atoms with van der Waals surface area (Å²) in [4.78, 5) is 22.8. The molecule has 0 saturated carbocycles. The first-order valence-corrected chi connectivity index (χ1v) is 13.1. The minimum atomic E-state index is 0.0100. The minimum Gasteiger partial charge on any atom is -0.304 e. The first kappa shape index (κ1) is 23.7. The summed E-state index contributed by atoms with van der Waals surface area (Å²) in [6, 6.07) is 2.09. The van der Waals surface area contributed by atoms with Gasteiger partial charge < -0.3 is 4.90 Å². The van der Waals surface area contributed by atoms with E-state index in [9.17, 15) is 4.79 Å². The van der Waals surface area contributed by atoms with E-state index >= 15 is 0 Å². The van der Waals surface area contributed by atoms with Crippen LogP contribution in [0.25, 0.3) is 11.1 Å². The van der Waals surface area contributed by atoms with Crippen LogP contribution in [0, 0.1) is 18.8 Å². The average Bonchev–Trinajstić information content (AvgIpc) is 3.28. The third-order valence-electron chi connectivity index (χ3n) is 7.83. The lowest BCUT2D eigenvalue weighted by atomic mass is 9.85. The van der Waals surface area contributed by atoms with Crippen molar-refractivity contribution in [3.05, 3.63) is 70.6 Å². The van der Waals surface area contributed by atoms with E-state index in [4.69, 9.17) is 5.10 Å². The molecule has 3 aliphatic heterocycles. The van der Waals surface area contributed by atoms with Gasteiger partial charge in [0.2, 0.25) is 0 Å². The van der Waals surface area contributed by atoms with Crippen LogP contribution >= 0.6 is 0 Å². The quantitative estimate of drug-likeness (QED) is 0.606. The minimum absolute atomic E-state index is 0.0100. The van der Waals surface area contributed by atoms with Gasteiger partial charge in [-0.3, -0.25) is 14.7 Å². The van der Waals surface area contributed by atoms with Crippen LogP contribution in [0.15, 0.2) is 53.5 Å². The summed E-state index contributed by atoms with van der Waals surface area (Å²) in [6.07, 6.45) is 14.4. The van der Waals surface area contributed by atoms with Gasteiger partial charge in [-0.15, -0.1) is 0 Å². The zero-order valence-corrected chi connectivity index (χ0v) is 21.7. The van der Waals surface area contributed by atoms with Crippen LogP contribution in [0.4, 0.5) is 0 Å². The summed E-state index contributed by atoms with van der Waals surface area (Å²) in [5.74, 6) is 0.710. The molecule has 6 nitrogen and oxygen atoms in total. The highest BCUT2D eigenvalue weighted by Gasteiger charge is 2.29. The average molecular weight is 472 g/mol. The first-order valence-electron chi connectivity index (χ1n) is 13.1. The number of carbonyl (C=O) groups is 1. The second kappa shape index (κ2) is 9.57. The Kier molecular flexibility index (Phi) is 6.49. The van der Waals surface area contributed by atoms with Crippen molar-refractivity contribution < 1.29 is 4.79 Å². The molecular formula is C29H37N5O. The molecule has 1 fully saturated rings.